The monoisotopic (exact) mass is 611 g/mol. The maximum atomic E-state index is 2.41. The number of benzene rings is 8. The van der Waals surface area contributed by atoms with Crippen LogP contribution in [0.5, 0.6) is 0 Å². The summed E-state index contributed by atoms with van der Waals surface area (Å²) >= 11 is 0. The first-order valence-corrected chi connectivity index (χ1v) is 16.9. The summed E-state index contributed by atoms with van der Waals surface area (Å²) in [4.78, 5) is 2.40. The van der Waals surface area contributed by atoms with Gasteiger partial charge in [0.1, 0.15) is 0 Å². The molecule has 48 heavy (non-hydrogen) atoms. The predicted octanol–water partition coefficient (Wildman–Crippen LogP) is 12.4. The van der Waals surface area contributed by atoms with Gasteiger partial charge in [-0.2, -0.15) is 0 Å². The molecule has 0 saturated carbocycles. The molecule has 0 bridgehead atoms. The van der Waals surface area contributed by atoms with Crippen LogP contribution in [0, 0.1) is 13.8 Å². The van der Waals surface area contributed by atoms with Gasteiger partial charge in [-0.1, -0.05) is 139 Å². The SMILES string of the molecule is Cc1ccc(N(c2ccccc2)c2ccc3c4c(ccc3c2)-c2c(ccc3ccccc23)C42c3ccccc3-c3ccccc32)c(C)c1. The van der Waals surface area contributed by atoms with Crippen molar-refractivity contribution in [2.24, 2.45) is 0 Å². The molecule has 0 amide bonds. The Kier molecular flexibility index (Phi) is 5.69. The molecule has 0 unspecified atom stereocenters. The van der Waals surface area contributed by atoms with E-state index in [9.17, 15) is 0 Å². The fraction of sp³-hybridized carbons (Fsp3) is 0.0638. The molecule has 8 aromatic carbocycles. The third kappa shape index (κ3) is 3.56. The van der Waals surface area contributed by atoms with Gasteiger partial charge < -0.3 is 4.90 Å². The highest BCUT2D eigenvalue weighted by atomic mass is 15.1. The Morgan fingerprint density at radius 3 is 1.90 bits per heavy atom. The van der Waals surface area contributed by atoms with E-state index >= 15 is 0 Å². The smallest absolute Gasteiger partial charge is 0.0731 e. The summed E-state index contributed by atoms with van der Waals surface area (Å²) in [6.07, 6.45) is 0. The molecule has 1 heteroatoms. The molecule has 0 aromatic heterocycles. The maximum Gasteiger partial charge on any atom is 0.0731 e. The molecule has 2 aliphatic carbocycles. The Hall–Kier alpha value is -5.92. The Labute approximate surface area is 281 Å². The van der Waals surface area contributed by atoms with Gasteiger partial charge >= 0.3 is 0 Å². The van der Waals surface area contributed by atoms with Gasteiger partial charge in [-0.25, -0.2) is 0 Å². The molecule has 1 nitrogen and oxygen atoms in total. The van der Waals surface area contributed by atoms with Crippen LogP contribution in [0.3, 0.4) is 0 Å². The fourth-order valence-corrected chi connectivity index (χ4v) is 8.93. The second-order valence-electron chi connectivity index (χ2n) is 13.4. The Morgan fingerprint density at radius 2 is 1.12 bits per heavy atom. The van der Waals surface area contributed by atoms with Crippen LogP contribution in [0.2, 0.25) is 0 Å². The van der Waals surface area contributed by atoms with Crippen molar-refractivity contribution in [1.82, 2.24) is 0 Å². The predicted molar refractivity (Wildman–Crippen MR) is 202 cm³/mol. The first-order chi connectivity index (χ1) is 23.6. The molecular weight excluding hydrogens is 579 g/mol. The Balaban J connectivity index is 1.30. The minimum atomic E-state index is -0.407. The average molecular weight is 612 g/mol. The maximum absolute atomic E-state index is 2.41. The third-order valence-electron chi connectivity index (χ3n) is 10.8. The van der Waals surface area contributed by atoms with Gasteiger partial charge in [0, 0.05) is 17.1 Å². The highest BCUT2D eigenvalue weighted by Gasteiger charge is 2.52. The lowest BCUT2D eigenvalue weighted by Crippen LogP contribution is -2.26. The highest BCUT2D eigenvalue weighted by molar-refractivity contribution is 6.11. The molecule has 0 heterocycles. The number of anilines is 3. The lowest BCUT2D eigenvalue weighted by molar-refractivity contribution is 0.802. The van der Waals surface area contributed by atoms with Crippen LogP contribution in [0.25, 0.3) is 43.8 Å². The van der Waals surface area contributed by atoms with Gasteiger partial charge in [0.05, 0.1) is 5.41 Å². The second kappa shape index (κ2) is 10.0. The zero-order valence-corrected chi connectivity index (χ0v) is 27.0. The van der Waals surface area contributed by atoms with E-state index in [1.807, 2.05) is 0 Å². The lowest BCUT2D eigenvalue weighted by atomic mass is 9.69. The third-order valence-corrected chi connectivity index (χ3v) is 10.8. The summed E-state index contributed by atoms with van der Waals surface area (Å²) < 4.78 is 0. The van der Waals surface area contributed by atoms with E-state index in [0.717, 1.165) is 11.4 Å². The van der Waals surface area contributed by atoms with Crippen LogP contribution in [-0.4, -0.2) is 0 Å². The molecule has 0 radical (unpaired) electrons. The van der Waals surface area contributed by atoms with Crippen molar-refractivity contribution in [3.05, 3.63) is 197 Å². The first kappa shape index (κ1) is 27.2. The zero-order chi connectivity index (χ0) is 32.0. The molecule has 1 spiro atoms. The van der Waals surface area contributed by atoms with Crippen molar-refractivity contribution < 1.29 is 0 Å². The van der Waals surface area contributed by atoms with Gasteiger partial charge in [-0.15, -0.1) is 0 Å². The van der Waals surface area contributed by atoms with Crippen molar-refractivity contribution in [1.29, 1.82) is 0 Å². The number of para-hydroxylation sites is 1. The van der Waals surface area contributed by atoms with Gasteiger partial charge in [0.15, 0.2) is 0 Å². The van der Waals surface area contributed by atoms with E-state index in [2.05, 4.69) is 183 Å². The highest BCUT2D eigenvalue weighted by Crippen LogP contribution is 2.65. The number of aryl methyl sites for hydroxylation is 2. The molecule has 0 N–H and O–H groups in total. The number of fused-ring (bicyclic) bond motifs is 14. The van der Waals surface area contributed by atoms with Gasteiger partial charge in [-0.05, 0) is 116 Å². The van der Waals surface area contributed by atoms with Gasteiger partial charge in [0.25, 0.3) is 0 Å². The molecule has 0 fully saturated rings. The topological polar surface area (TPSA) is 3.24 Å². The lowest BCUT2D eigenvalue weighted by Gasteiger charge is -2.32. The number of rotatable bonds is 3. The van der Waals surface area contributed by atoms with Crippen molar-refractivity contribution >= 4 is 38.6 Å². The first-order valence-electron chi connectivity index (χ1n) is 16.9. The van der Waals surface area contributed by atoms with Crippen molar-refractivity contribution in [3.63, 3.8) is 0 Å². The number of hydrogen-bond donors (Lipinski definition) is 0. The van der Waals surface area contributed by atoms with Gasteiger partial charge in [-0.3, -0.25) is 0 Å². The molecular formula is C47H33N. The summed E-state index contributed by atoms with van der Waals surface area (Å²) in [7, 11) is 0. The van der Waals surface area contributed by atoms with Crippen LogP contribution in [0.15, 0.2) is 164 Å². The van der Waals surface area contributed by atoms with E-state index in [1.54, 1.807) is 0 Å². The molecule has 0 saturated heterocycles. The van der Waals surface area contributed by atoms with Gasteiger partial charge in [0.2, 0.25) is 0 Å². The van der Waals surface area contributed by atoms with Crippen LogP contribution < -0.4 is 4.90 Å². The molecule has 10 rings (SSSR count). The molecule has 0 atom stereocenters. The van der Waals surface area contributed by atoms with Crippen LogP contribution in [0.4, 0.5) is 17.1 Å². The summed E-state index contributed by atoms with van der Waals surface area (Å²) in [5, 5.41) is 5.14. The standard InChI is InChI=1S/C47H33N/c1-30-20-27-44(31(2)28-30)48(34-13-4-3-5-14-34)35-23-25-37-33(29-35)21-24-40-45-36-15-7-6-12-32(36)22-26-43(45)47(46(37)40)41-18-10-8-16-38(41)39-17-9-11-19-42(39)47/h3-29H,1-2H3. The summed E-state index contributed by atoms with van der Waals surface area (Å²) in [6.45, 7) is 4.38. The number of hydrogen-bond acceptors (Lipinski definition) is 1. The Morgan fingerprint density at radius 1 is 0.438 bits per heavy atom. The number of nitrogens with zero attached hydrogens (tertiary/aromatic N) is 1. The van der Waals surface area contributed by atoms with E-state index in [0.29, 0.717) is 0 Å². The largest absolute Gasteiger partial charge is 0.310 e. The quantitative estimate of drug-likeness (QED) is 0.192. The average Bonchev–Trinajstić information content (AvgIpc) is 3.61. The summed E-state index contributed by atoms with van der Waals surface area (Å²) in [6, 6.07) is 61.1. The summed E-state index contributed by atoms with van der Waals surface area (Å²) in [5.74, 6) is 0. The molecule has 226 valence electrons. The van der Waals surface area contributed by atoms with Crippen molar-refractivity contribution in [2.45, 2.75) is 19.3 Å². The fourth-order valence-electron chi connectivity index (χ4n) is 8.93. The molecule has 2 aliphatic rings. The summed E-state index contributed by atoms with van der Waals surface area (Å²) in [5.41, 5.74) is 16.5. The van der Waals surface area contributed by atoms with E-state index in [1.165, 1.54) is 82.9 Å². The van der Waals surface area contributed by atoms with Crippen LogP contribution >= 0.6 is 0 Å². The molecule has 8 aromatic rings. The molecule has 0 aliphatic heterocycles. The zero-order valence-electron chi connectivity index (χ0n) is 27.0. The normalized spacial score (nSPS) is 13.4. The minimum Gasteiger partial charge on any atom is -0.310 e. The minimum absolute atomic E-state index is 0.407. The van der Waals surface area contributed by atoms with E-state index < -0.39 is 5.41 Å². The van der Waals surface area contributed by atoms with Crippen LogP contribution in [-0.2, 0) is 5.41 Å². The van der Waals surface area contributed by atoms with E-state index in [-0.39, 0.29) is 0 Å². The Bertz CT molecular complexity index is 2550. The van der Waals surface area contributed by atoms with E-state index in [4.69, 9.17) is 0 Å². The van der Waals surface area contributed by atoms with Crippen molar-refractivity contribution in [3.8, 4) is 22.3 Å². The second-order valence-corrected chi connectivity index (χ2v) is 13.4. The van der Waals surface area contributed by atoms with Crippen LogP contribution in [0.1, 0.15) is 33.4 Å². The van der Waals surface area contributed by atoms with Crippen molar-refractivity contribution in [2.75, 3.05) is 4.90 Å².